The Labute approximate surface area is 138 Å². The van der Waals surface area contributed by atoms with Gasteiger partial charge in [0.05, 0.1) is 18.0 Å². The molecule has 2 atom stereocenters. The minimum atomic E-state index is -1.11. The molecular weight excluding hydrogens is 318 g/mol. The number of non-ortho nitro benzene ring substituents is 1. The summed E-state index contributed by atoms with van der Waals surface area (Å²) in [6.45, 7) is 3.42. The third-order valence-corrected chi connectivity index (χ3v) is 3.28. The number of nitrogens with two attached hydrogens (primary N) is 1. The number of amides is 2. The Morgan fingerprint density at radius 1 is 1.38 bits per heavy atom. The molecule has 0 fully saturated rings. The summed E-state index contributed by atoms with van der Waals surface area (Å²) in [6.07, 6.45) is -0.101. The van der Waals surface area contributed by atoms with E-state index >= 15 is 0 Å². The number of nitro groups is 1. The molecule has 130 valence electrons. The van der Waals surface area contributed by atoms with Gasteiger partial charge in [0.15, 0.2) is 0 Å². The number of carbonyl (C=O) groups is 3. The highest BCUT2D eigenvalue weighted by molar-refractivity contribution is 5.98. The minimum Gasteiger partial charge on any atom is -0.466 e. The molecule has 0 aliphatic carbocycles. The van der Waals surface area contributed by atoms with Gasteiger partial charge in [0.2, 0.25) is 5.91 Å². The molecule has 24 heavy (non-hydrogen) atoms. The molecule has 0 radical (unpaired) electrons. The van der Waals surface area contributed by atoms with Crippen molar-refractivity contribution in [3.05, 3.63) is 39.9 Å². The number of carbonyl (C=O) groups excluding carboxylic acids is 3. The van der Waals surface area contributed by atoms with Crippen molar-refractivity contribution >= 4 is 23.5 Å². The number of nitrogens with zero attached hydrogens (tertiary/aromatic N) is 1. The highest BCUT2D eigenvalue weighted by Gasteiger charge is 2.27. The largest absolute Gasteiger partial charge is 0.466 e. The average molecular weight is 337 g/mol. The van der Waals surface area contributed by atoms with Gasteiger partial charge in [0.1, 0.15) is 6.04 Å². The smallest absolute Gasteiger partial charge is 0.306 e. The fourth-order valence-corrected chi connectivity index (χ4v) is 2.08. The van der Waals surface area contributed by atoms with Crippen molar-refractivity contribution in [3.8, 4) is 0 Å². The quantitative estimate of drug-likeness (QED) is 0.407. The number of hydrogen-bond donors (Lipinski definition) is 2. The van der Waals surface area contributed by atoms with E-state index in [-0.39, 0.29) is 24.3 Å². The average Bonchev–Trinajstić information content (AvgIpc) is 2.52. The van der Waals surface area contributed by atoms with Gasteiger partial charge in [-0.2, -0.15) is 0 Å². The first-order valence-electron chi connectivity index (χ1n) is 7.26. The third-order valence-electron chi connectivity index (χ3n) is 3.28. The van der Waals surface area contributed by atoms with Crippen LogP contribution in [0.2, 0.25) is 0 Å². The number of nitrogens with one attached hydrogen (secondary N) is 1. The maximum atomic E-state index is 12.2. The first-order valence-corrected chi connectivity index (χ1v) is 7.26. The molecule has 2 amide bonds. The van der Waals surface area contributed by atoms with Gasteiger partial charge in [-0.1, -0.05) is 13.0 Å². The molecule has 1 aromatic carbocycles. The molecule has 9 nitrogen and oxygen atoms in total. The van der Waals surface area contributed by atoms with E-state index in [0.29, 0.717) is 0 Å². The summed E-state index contributed by atoms with van der Waals surface area (Å²) < 4.78 is 4.80. The van der Waals surface area contributed by atoms with Crippen molar-refractivity contribution in [2.45, 2.75) is 26.3 Å². The van der Waals surface area contributed by atoms with Gasteiger partial charge in [-0.3, -0.25) is 24.5 Å². The zero-order chi connectivity index (χ0) is 18.3. The lowest BCUT2D eigenvalue weighted by Crippen LogP contribution is -2.49. The predicted octanol–water partition coefficient (Wildman–Crippen LogP) is 0.768. The number of primary amides is 1. The number of rotatable bonds is 8. The zero-order valence-electron chi connectivity index (χ0n) is 13.4. The third kappa shape index (κ3) is 5.34. The van der Waals surface area contributed by atoms with Crippen molar-refractivity contribution in [1.29, 1.82) is 0 Å². The first-order chi connectivity index (χ1) is 11.3. The van der Waals surface area contributed by atoms with Gasteiger partial charge < -0.3 is 15.8 Å². The van der Waals surface area contributed by atoms with Crippen LogP contribution in [0.15, 0.2) is 24.3 Å². The Hall–Kier alpha value is -2.97. The van der Waals surface area contributed by atoms with E-state index in [4.69, 9.17) is 10.5 Å². The van der Waals surface area contributed by atoms with Gasteiger partial charge in [-0.05, 0) is 18.9 Å². The summed E-state index contributed by atoms with van der Waals surface area (Å²) in [4.78, 5) is 45.4. The molecular formula is C15H19N3O6. The standard InChI is InChI=1S/C15H19N3O6/c1-3-24-12(19)7-9(2)13(14(16)20)17-15(21)10-5-4-6-11(8-10)18(22)23/h4-6,8-9,13H,3,7H2,1-2H3,(H2,16,20)(H,17,21)/t9-,13+/m0/s1. The Balaban J connectivity index is 2.86. The van der Waals surface area contributed by atoms with Crippen LogP contribution in [0.1, 0.15) is 30.6 Å². The molecule has 0 aliphatic heterocycles. The van der Waals surface area contributed by atoms with Gasteiger partial charge in [0, 0.05) is 17.7 Å². The highest BCUT2D eigenvalue weighted by Crippen LogP contribution is 2.15. The topological polar surface area (TPSA) is 142 Å². The van der Waals surface area contributed by atoms with Crippen molar-refractivity contribution < 1.29 is 24.0 Å². The Bertz CT molecular complexity index is 646. The molecule has 0 aliphatic rings. The second-order valence-electron chi connectivity index (χ2n) is 5.15. The van der Waals surface area contributed by atoms with Crippen molar-refractivity contribution in [1.82, 2.24) is 5.32 Å². The molecule has 0 heterocycles. The summed E-state index contributed by atoms with van der Waals surface area (Å²) in [7, 11) is 0. The normalized spacial score (nSPS) is 12.8. The zero-order valence-corrected chi connectivity index (χ0v) is 13.4. The van der Waals surface area contributed by atoms with Crippen LogP contribution in [-0.4, -0.2) is 35.4 Å². The van der Waals surface area contributed by atoms with Crippen LogP contribution in [-0.2, 0) is 14.3 Å². The van der Waals surface area contributed by atoms with E-state index in [1.807, 2.05) is 0 Å². The molecule has 3 N–H and O–H groups in total. The number of esters is 1. The molecule has 0 saturated carbocycles. The second kappa shape index (κ2) is 8.61. The van der Waals surface area contributed by atoms with Crippen LogP contribution in [0.4, 0.5) is 5.69 Å². The summed E-state index contributed by atoms with van der Waals surface area (Å²) in [5.74, 6) is -2.62. The lowest BCUT2D eigenvalue weighted by atomic mass is 9.97. The van der Waals surface area contributed by atoms with Crippen molar-refractivity contribution in [2.75, 3.05) is 6.61 Å². The van der Waals surface area contributed by atoms with E-state index in [2.05, 4.69) is 5.32 Å². The predicted molar refractivity (Wildman–Crippen MR) is 84.0 cm³/mol. The van der Waals surface area contributed by atoms with Crippen LogP contribution >= 0.6 is 0 Å². The fraction of sp³-hybridized carbons (Fsp3) is 0.400. The summed E-state index contributed by atoms with van der Waals surface area (Å²) in [5, 5.41) is 13.1. The van der Waals surface area contributed by atoms with Gasteiger partial charge in [-0.15, -0.1) is 0 Å². The molecule has 9 heteroatoms. The summed E-state index contributed by atoms with van der Waals surface area (Å²) in [5.41, 5.74) is 5.04. The molecule has 1 rings (SSSR count). The fourth-order valence-electron chi connectivity index (χ4n) is 2.08. The number of nitro benzene ring substituents is 1. The molecule has 1 aromatic rings. The SMILES string of the molecule is CCOC(=O)C[C@H](C)[C@@H](NC(=O)c1cccc([N+](=O)[O-])c1)C(N)=O. The summed E-state index contributed by atoms with van der Waals surface area (Å²) >= 11 is 0. The van der Waals surface area contributed by atoms with Crippen LogP contribution in [0.25, 0.3) is 0 Å². The summed E-state index contributed by atoms with van der Waals surface area (Å²) in [6, 6.07) is 3.95. The second-order valence-corrected chi connectivity index (χ2v) is 5.15. The molecule has 0 saturated heterocycles. The molecule has 0 bridgehead atoms. The molecule has 0 spiro atoms. The molecule has 0 aromatic heterocycles. The minimum absolute atomic E-state index is 0.0128. The Kier molecular flexibility index (Phi) is 6.84. The van der Waals surface area contributed by atoms with Gasteiger partial charge >= 0.3 is 5.97 Å². The van der Waals surface area contributed by atoms with Crippen LogP contribution < -0.4 is 11.1 Å². The van der Waals surface area contributed by atoms with E-state index in [1.54, 1.807) is 13.8 Å². The van der Waals surface area contributed by atoms with E-state index in [0.717, 1.165) is 6.07 Å². The lowest BCUT2D eigenvalue weighted by molar-refractivity contribution is -0.384. The highest BCUT2D eigenvalue weighted by atomic mass is 16.6. The first kappa shape index (κ1) is 19.1. The van der Waals surface area contributed by atoms with Crippen molar-refractivity contribution in [3.63, 3.8) is 0 Å². The van der Waals surface area contributed by atoms with Crippen molar-refractivity contribution in [2.24, 2.45) is 11.7 Å². The number of ether oxygens (including phenoxy) is 1. The van der Waals surface area contributed by atoms with Gasteiger partial charge in [-0.25, -0.2) is 0 Å². The van der Waals surface area contributed by atoms with E-state index in [1.165, 1.54) is 18.2 Å². The maximum Gasteiger partial charge on any atom is 0.306 e. The maximum absolute atomic E-state index is 12.2. The Morgan fingerprint density at radius 2 is 2.04 bits per heavy atom. The van der Waals surface area contributed by atoms with Crippen LogP contribution in [0.5, 0.6) is 0 Å². The van der Waals surface area contributed by atoms with E-state index in [9.17, 15) is 24.5 Å². The monoisotopic (exact) mass is 337 g/mol. The van der Waals surface area contributed by atoms with Crippen LogP contribution in [0.3, 0.4) is 0 Å². The van der Waals surface area contributed by atoms with Crippen LogP contribution in [0, 0.1) is 16.0 Å². The number of benzene rings is 1. The number of hydrogen-bond acceptors (Lipinski definition) is 6. The van der Waals surface area contributed by atoms with Gasteiger partial charge in [0.25, 0.3) is 11.6 Å². The Morgan fingerprint density at radius 3 is 2.58 bits per heavy atom. The lowest BCUT2D eigenvalue weighted by Gasteiger charge is -2.21. The molecule has 0 unspecified atom stereocenters. The van der Waals surface area contributed by atoms with E-state index < -0.39 is 34.7 Å².